The van der Waals surface area contributed by atoms with Gasteiger partial charge >= 0.3 is 18.3 Å². The number of anilines is 2. The SMILES string of the molecule is Cn1cc(NC(=O)c2ccc3cnc(N4CCNCC5(CC5)C4)nn23)c(C(F)(F)F)n1.O=C(O)C(F)(F)F. The standard InChI is InChI=1S/C19H21F3N8O.C2HF3O2/c1-28-9-13(15(26-28)19(20,21)22)25-16(31)14-3-2-12-8-24-17(27-30(12)14)29-7-6-23-10-18(11-29)4-5-18;3-2(4,5)1(6)7/h2-3,8-9,23H,4-7,10-11H2,1H3,(H,25,31);(H,6,7). The predicted molar refractivity (Wildman–Crippen MR) is 120 cm³/mol. The summed E-state index contributed by atoms with van der Waals surface area (Å²) in [5.41, 5.74) is -0.611. The van der Waals surface area contributed by atoms with Crippen LogP contribution < -0.4 is 15.5 Å². The number of alkyl halides is 6. The minimum absolute atomic E-state index is 0.115. The fraction of sp³-hybridized carbons (Fsp3) is 0.476. The number of aliphatic carboxylic acids is 1. The highest BCUT2D eigenvalue weighted by Crippen LogP contribution is 2.46. The predicted octanol–water partition coefficient (Wildman–Crippen LogP) is 2.56. The van der Waals surface area contributed by atoms with Crippen LogP contribution in [0.4, 0.5) is 38.0 Å². The highest BCUT2D eigenvalue weighted by atomic mass is 19.4. The van der Waals surface area contributed by atoms with E-state index in [0.717, 1.165) is 49.9 Å². The Labute approximate surface area is 210 Å². The number of rotatable bonds is 3. The van der Waals surface area contributed by atoms with Gasteiger partial charge in [-0.15, -0.1) is 5.10 Å². The zero-order valence-corrected chi connectivity index (χ0v) is 19.8. The van der Waals surface area contributed by atoms with E-state index in [-0.39, 0.29) is 11.1 Å². The van der Waals surface area contributed by atoms with Crippen LogP contribution in [0, 0.1) is 5.41 Å². The first-order chi connectivity index (χ1) is 17.7. The molecule has 5 rings (SSSR count). The van der Waals surface area contributed by atoms with Crippen molar-refractivity contribution >= 4 is 29.0 Å². The normalized spacial score (nSPS) is 17.1. The van der Waals surface area contributed by atoms with E-state index in [1.54, 1.807) is 12.3 Å². The second-order valence-corrected chi connectivity index (χ2v) is 9.03. The topological polar surface area (TPSA) is 130 Å². The molecule has 17 heteroatoms. The lowest BCUT2D eigenvalue weighted by Gasteiger charge is -2.23. The Bertz CT molecular complexity index is 1340. The number of fused-ring (bicyclic) bond motifs is 1. The van der Waals surface area contributed by atoms with Crippen LogP contribution in [0.2, 0.25) is 0 Å². The molecule has 1 spiro atoms. The lowest BCUT2D eigenvalue weighted by Crippen LogP contribution is -2.32. The molecule has 1 saturated carbocycles. The average molecular weight is 548 g/mol. The van der Waals surface area contributed by atoms with E-state index < -0.39 is 35.6 Å². The first-order valence-corrected chi connectivity index (χ1v) is 11.2. The van der Waals surface area contributed by atoms with Crippen LogP contribution in [-0.4, -0.2) is 73.7 Å². The van der Waals surface area contributed by atoms with Crippen molar-refractivity contribution in [2.75, 3.05) is 36.4 Å². The molecule has 0 bridgehead atoms. The van der Waals surface area contributed by atoms with Crippen LogP contribution in [0.5, 0.6) is 0 Å². The molecule has 1 aliphatic heterocycles. The monoisotopic (exact) mass is 548 g/mol. The maximum atomic E-state index is 13.2. The van der Waals surface area contributed by atoms with Crippen molar-refractivity contribution in [2.24, 2.45) is 12.5 Å². The maximum Gasteiger partial charge on any atom is 0.490 e. The van der Waals surface area contributed by atoms with Crippen LogP contribution >= 0.6 is 0 Å². The Morgan fingerprint density at radius 3 is 2.42 bits per heavy atom. The smallest absolute Gasteiger partial charge is 0.475 e. The van der Waals surface area contributed by atoms with Gasteiger partial charge < -0.3 is 20.6 Å². The number of carbonyl (C=O) groups excluding carboxylic acids is 1. The van der Waals surface area contributed by atoms with Gasteiger partial charge in [0, 0.05) is 44.8 Å². The maximum absolute atomic E-state index is 13.2. The minimum atomic E-state index is -5.08. The molecule has 206 valence electrons. The van der Waals surface area contributed by atoms with E-state index in [9.17, 15) is 31.1 Å². The molecule has 3 aromatic rings. The van der Waals surface area contributed by atoms with Crippen molar-refractivity contribution in [2.45, 2.75) is 25.2 Å². The molecular formula is C21H22F6N8O3. The zero-order valence-electron chi connectivity index (χ0n) is 19.8. The third-order valence-corrected chi connectivity index (χ3v) is 6.03. The number of hydrogen-bond acceptors (Lipinski definition) is 7. The van der Waals surface area contributed by atoms with Gasteiger partial charge in [0.1, 0.15) is 5.69 Å². The van der Waals surface area contributed by atoms with Crippen LogP contribution in [0.15, 0.2) is 24.5 Å². The van der Waals surface area contributed by atoms with Crippen molar-refractivity contribution in [3.8, 4) is 0 Å². The zero-order chi connectivity index (χ0) is 27.9. The number of carboxylic acids is 1. The fourth-order valence-corrected chi connectivity index (χ4v) is 3.98. The third kappa shape index (κ3) is 5.98. The Kier molecular flexibility index (Phi) is 6.98. The van der Waals surface area contributed by atoms with Gasteiger partial charge in [-0.25, -0.2) is 14.3 Å². The number of nitrogens with zero attached hydrogens (tertiary/aromatic N) is 6. The summed E-state index contributed by atoms with van der Waals surface area (Å²) >= 11 is 0. The molecule has 0 unspecified atom stereocenters. The second-order valence-electron chi connectivity index (χ2n) is 9.03. The molecule has 3 aromatic heterocycles. The second kappa shape index (κ2) is 9.77. The van der Waals surface area contributed by atoms with Gasteiger partial charge in [0.25, 0.3) is 5.91 Å². The molecule has 1 amide bonds. The molecular weight excluding hydrogens is 526 g/mol. The van der Waals surface area contributed by atoms with Crippen molar-refractivity contribution in [1.82, 2.24) is 29.7 Å². The van der Waals surface area contributed by atoms with Gasteiger partial charge in [-0.05, 0) is 25.0 Å². The average Bonchev–Trinajstić information content (AvgIpc) is 3.36. The van der Waals surface area contributed by atoms with E-state index >= 15 is 0 Å². The van der Waals surface area contributed by atoms with Crippen molar-refractivity contribution < 1.29 is 41.0 Å². The van der Waals surface area contributed by atoms with Gasteiger partial charge in [0.2, 0.25) is 5.95 Å². The Morgan fingerprint density at radius 1 is 1.13 bits per heavy atom. The van der Waals surface area contributed by atoms with Crippen LogP contribution in [0.25, 0.3) is 5.52 Å². The van der Waals surface area contributed by atoms with Crippen LogP contribution in [0.1, 0.15) is 29.0 Å². The molecule has 0 aromatic carbocycles. The lowest BCUT2D eigenvalue weighted by atomic mass is 10.1. The number of aromatic nitrogens is 5. The summed E-state index contributed by atoms with van der Waals surface area (Å²) in [6.07, 6.45) is -4.72. The summed E-state index contributed by atoms with van der Waals surface area (Å²) in [5, 5.41) is 20.8. The molecule has 0 atom stereocenters. The van der Waals surface area contributed by atoms with Crippen molar-refractivity contribution in [3.05, 3.63) is 35.9 Å². The minimum Gasteiger partial charge on any atom is -0.475 e. The number of nitrogens with one attached hydrogen (secondary N) is 2. The molecule has 11 nitrogen and oxygen atoms in total. The summed E-state index contributed by atoms with van der Waals surface area (Å²) < 4.78 is 73.8. The largest absolute Gasteiger partial charge is 0.490 e. The van der Waals surface area contributed by atoms with E-state index in [4.69, 9.17) is 9.90 Å². The summed E-state index contributed by atoms with van der Waals surface area (Å²) in [6, 6.07) is 3.16. The molecule has 0 radical (unpaired) electrons. The van der Waals surface area contributed by atoms with E-state index in [2.05, 4.69) is 30.7 Å². The summed E-state index contributed by atoms with van der Waals surface area (Å²) in [5.74, 6) is -2.98. The molecule has 3 N–H and O–H groups in total. The van der Waals surface area contributed by atoms with Crippen molar-refractivity contribution in [1.29, 1.82) is 0 Å². The number of hydrogen-bond donors (Lipinski definition) is 3. The first-order valence-electron chi connectivity index (χ1n) is 11.2. The third-order valence-electron chi connectivity index (χ3n) is 6.03. The van der Waals surface area contributed by atoms with Gasteiger partial charge in [0.15, 0.2) is 5.69 Å². The Morgan fingerprint density at radius 2 is 1.82 bits per heavy atom. The number of aryl methyl sites for hydroxylation is 1. The van der Waals surface area contributed by atoms with Gasteiger partial charge in [0.05, 0.1) is 17.4 Å². The fourth-order valence-electron chi connectivity index (χ4n) is 3.98. The molecule has 2 aliphatic rings. The molecule has 1 aliphatic carbocycles. The quantitative estimate of drug-likeness (QED) is 0.426. The molecule has 1 saturated heterocycles. The van der Waals surface area contributed by atoms with E-state index in [1.807, 2.05) is 0 Å². The van der Waals surface area contributed by atoms with Crippen LogP contribution in [0.3, 0.4) is 0 Å². The first kappa shape index (κ1) is 27.2. The Hall–Kier alpha value is -3.89. The molecule has 2 fully saturated rings. The van der Waals surface area contributed by atoms with Gasteiger partial charge in [-0.1, -0.05) is 0 Å². The summed E-state index contributed by atoms with van der Waals surface area (Å²) in [6.45, 7) is 3.35. The van der Waals surface area contributed by atoms with Gasteiger partial charge in [-0.2, -0.15) is 31.4 Å². The van der Waals surface area contributed by atoms with E-state index in [1.165, 1.54) is 17.6 Å². The Balaban J connectivity index is 0.000000426. The number of amides is 1. The molecule has 4 heterocycles. The highest BCUT2D eigenvalue weighted by molar-refractivity contribution is 6.04. The molecule has 38 heavy (non-hydrogen) atoms. The lowest BCUT2D eigenvalue weighted by molar-refractivity contribution is -0.192. The summed E-state index contributed by atoms with van der Waals surface area (Å²) in [7, 11) is 1.36. The van der Waals surface area contributed by atoms with Crippen molar-refractivity contribution in [3.63, 3.8) is 0 Å². The van der Waals surface area contributed by atoms with Gasteiger partial charge in [-0.3, -0.25) is 9.48 Å². The van der Waals surface area contributed by atoms with Crippen LogP contribution in [-0.2, 0) is 18.0 Å². The number of carboxylic acid groups (broad SMARTS) is 1. The highest BCUT2D eigenvalue weighted by Gasteiger charge is 2.45. The number of carbonyl (C=O) groups is 2. The van der Waals surface area contributed by atoms with E-state index in [0.29, 0.717) is 11.5 Å². The number of halogens is 6. The summed E-state index contributed by atoms with van der Waals surface area (Å²) in [4.78, 5) is 28.2.